The molecule has 0 aromatic heterocycles. The molecule has 0 aromatic carbocycles. The highest BCUT2D eigenvalue weighted by atomic mass is 15.1. The molecule has 1 aliphatic heterocycles. The Labute approximate surface area is 109 Å². The summed E-state index contributed by atoms with van der Waals surface area (Å²) in [5.74, 6) is 0. The van der Waals surface area contributed by atoms with Crippen LogP contribution in [-0.4, -0.2) is 77.3 Å². The predicted molar refractivity (Wildman–Crippen MR) is 78.8 cm³/mol. The summed E-state index contributed by atoms with van der Waals surface area (Å²) < 4.78 is 0. The Morgan fingerprint density at radius 2 is 1.76 bits per heavy atom. The molecule has 0 saturated carbocycles. The third-order valence-electron chi connectivity index (χ3n) is 2.57. The van der Waals surface area contributed by atoms with E-state index in [4.69, 9.17) is 0 Å². The second-order valence-corrected chi connectivity index (χ2v) is 4.52. The van der Waals surface area contributed by atoms with E-state index >= 15 is 0 Å². The number of hydrogen-bond donors (Lipinski definition) is 2. The van der Waals surface area contributed by atoms with Gasteiger partial charge in [0, 0.05) is 25.7 Å². The zero-order valence-electron chi connectivity index (χ0n) is 13.0. The second kappa shape index (κ2) is 13.9. The lowest BCUT2D eigenvalue weighted by molar-refractivity contribution is 0.313. The summed E-state index contributed by atoms with van der Waals surface area (Å²) in [6.07, 6.45) is 1.31. The molecule has 0 amide bonds. The molecule has 1 unspecified atom stereocenters. The Kier molecular flexibility index (Phi) is 15.7. The summed E-state index contributed by atoms with van der Waals surface area (Å²) in [6.45, 7) is 8.57. The van der Waals surface area contributed by atoms with Crippen LogP contribution in [0.15, 0.2) is 0 Å². The minimum absolute atomic E-state index is 0.787. The van der Waals surface area contributed by atoms with Gasteiger partial charge in [-0.3, -0.25) is 0 Å². The maximum Gasteiger partial charge on any atom is 0.0226 e. The summed E-state index contributed by atoms with van der Waals surface area (Å²) in [7, 11) is 10.4. The number of rotatable bonds is 4. The van der Waals surface area contributed by atoms with Crippen LogP contribution in [0, 0.1) is 0 Å². The van der Waals surface area contributed by atoms with Crippen LogP contribution < -0.4 is 10.6 Å². The lowest BCUT2D eigenvalue weighted by Crippen LogP contribution is -2.29. The van der Waals surface area contributed by atoms with E-state index in [2.05, 4.69) is 48.6 Å². The third-order valence-corrected chi connectivity index (χ3v) is 2.57. The van der Waals surface area contributed by atoms with Gasteiger partial charge in [0.15, 0.2) is 0 Å². The van der Waals surface area contributed by atoms with E-state index in [0.717, 1.165) is 19.1 Å². The number of likely N-dealkylation sites (N-methyl/N-ethyl adjacent to an activating group) is 3. The van der Waals surface area contributed by atoms with Crippen molar-refractivity contribution in [3.63, 3.8) is 0 Å². The molecule has 0 bridgehead atoms. The van der Waals surface area contributed by atoms with Crippen molar-refractivity contribution < 1.29 is 0 Å². The highest BCUT2D eigenvalue weighted by Crippen LogP contribution is 2.01. The number of nitrogens with zero attached hydrogens (tertiary/aromatic N) is 2. The molecule has 0 aliphatic carbocycles. The molecular weight excluding hydrogens is 212 g/mol. The van der Waals surface area contributed by atoms with Crippen molar-refractivity contribution in [2.24, 2.45) is 0 Å². The monoisotopic (exact) mass is 246 g/mol. The molecule has 0 radical (unpaired) electrons. The Balaban J connectivity index is 0. The number of nitrogens with one attached hydrogen (secondary N) is 2. The van der Waals surface area contributed by atoms with Crippen LogP contribution in [0.3, 0.4) is 0 Å². The van der Waals surface area contributed by atoms with Crippen LogP contribution in [-0.2, 0) is 0 Å². The van der Waals surface area contributed by atoms with Gasteiger partial charge in [-0.05, 0) is 48.2 Å². The van der Waals surface area contributed by atoms with Crippen LogP contribution in [0.25, 0.3) is 0 Å². The van der Waals surface area contributed by atoms with Crippen LogP contribution in [0.2, 0.25) is 0 Å². The van der Waals surface area contributed by atoms with Crippen molar-refractivity contribution in [1.82, 2.24) is 20.4 Å². The molecule has 1 fully saturated rings. The van der Waals surface area contributed by atoms with E-state index in [9.17, 15) is 0 Å². The molecular formula is C13H34N4. The summed E-state index contributed by atoms with van der Waals surface area (Å²) >= 11 is 0. The standard InChI is InChI=1S/C6H14N2.C5H14N2.C2H6/c1-8(2)6-3-4-7-5-6;1-6-4-5-7(2)3;1-2/h6-7H,3-5H2,1-2H3;6H,4-5H2,1-3H3;1-2H3. The van der Waals surface area contributed by atoms with Gasteiger partial charge in [0.1, 0.15) is 0 Å². The van der Waals surface area contributed by atoms with Crippen molar-refractivity contribution in [3.05, 3.63) is 0 Å². The SMILES string of the molecule is CC.CN(C)C1CCNC1.CNCCN(C)C. The highest BCUT2D eigenvalue weighted by Gasteiger charge is 2.14. The molecule has 1 heterocycles. The summed E-state index contributed by atoms with van der Waals surface area (Å²) in [6, 6.07) is 0.787. The first-order chi connectivity index (χ1) is 8.07. The van der Waals surface area contributed by atoms with Crippen molar-refractivity contribution in [2.45, 2.75) is 26.3 Å². The average molecular weight is 246 g/mol. The van der Waals surface area contributed by atoms with E-state index in [0.29, 0.717) is 0 Å². The summed E-state index contributed by atoms with van der Waals surface area (Å²) in [5, 5.41) is 6.37. The van der Waals surface area contributed by atoms with E-state index in [1.165, 1.54) is 19.5 Å². The lowest BCUT2D eigenvalue weighted by Gasteiger charge is -2.16. The van der Waals surface area contributed by atoms with E-state index in [-0.39, 0.29) is 0 Å². The lowest BCUT2D eigenvalue weighted by atomic mass is 10.2. The minimum atomic E-state index is 0.787. The molecule has 1 saturated heterocycles. The Bertz CT molecular complexity index is 131. The van der Waals surface area contributed by atoms with Gasteiger partial charge in [-0.25, -0.2) is 0 Å². The molecule has 4 heteroatoms. The van der Waals surface area contributed by atoms with Gasteiger partial charge in [0.25, 0.3) is 0 Å². The molecule has 17 heavy (non-hydrogen) atoms. The number of hydrogen-bond acceptors (Lipinski definition) is 4. The largest absolute Gasteiger partial charge is 0.318 e. The Hall–Kier alpha value is -0.160. The topological polar surface area (TPSA) is 30.5 Å². The smallest absolute Gasteiger partial charge is 0.0226 e. The Morgan fingerprint density at radius 3 is 1.94 bits per heavy atom. The fourth-order valence-electron chi connectivity index (χ4n) is 1.42. The van der Waals surface area contributed by atoms with Crippen molar-refractivity contribution in [1.29, 1.82) is 0 Å². The zero-order chi connectivity index (χ0) is 13.7. The average Bonchev–Trinajstić information content (AvgIpc) is 2.83. The fraction of sp³-hybridized carbons (Fsp3) is 1.00. The first kappa shape index (κ1) is 19.2. The minimum Gasteiger partial charge on any atom is -0.318 e. The molecule has 2 N–H and O–H groups in total. The van der Waals surface area contributed by atoms with E-state index in [1.54, 1.807) is 0 Å². The first-order valence-corrected chi connectivity index (χ1v) is 6.74. The quantitative estimate of drug-likeness (QED) is 0.765. The van der Waals surface area contributed by atoms with Crippen LogP contribution in [0.1, 0.15) is 20.3 Å². The first-order valence-electron chi connectivity index (χ1n) is 6.74. The van der Waals surface area contributed by atoms with Crippen LogP contribution in [0.5, 0.6) is 0 Å². The molecule has 1 rings (SSSR count). The molecule has 0 spiro atoms. The van der Waals surface area contributed by atoms with Crippen molar-refractivity contribution in [3.8, 4) is 0 Å². The maximum absolute atomic E-state index is 3.31. The maximum atomic E-state index is 3.31. The molecule has 106 valence electrons. The predicted octanol–water partition coefficient (Wildman–Crippen LogP) is 0.704. The molecule has 1 atom stereocenters. The molecule has 4 nitrogen and oxygen atoms in total. The van der Waals surface area contributed by atoms with Gasteiger partial charge < -0.3 is 20.4 Å². The van der Waals surface area contributed by atoms with Gasteiger partial charge in [-0.15, -0.1) is 0 Å². The van der Waals surface area contributed by atoms with Gasteiger partial charge in [-0.1, -0.05) is 13.8 Å². The van der Waals surface area contributed by atoms with Gasteiger partial charge in [0.2, 0.25) is 0 Å². The van der Waals surface area contributed by atoms with Gasteiger partial charge in [-0.2, -0.15) is 0 Å². The van der Waals surface area contributed by atoms with Crippen LogP contribution in [0.4, 0.5) is 0 Å². The van der Waals surface area contributed by atoms with Crippen molar-refractivity contribution >= 4 is 0 Å². The van der Waals surface area contributed by atoms with E-state index < -0.39 is 0 Å². The second-order valence-electron chi connectivity index (χ2n) is 4.52. The molecule has 1 aliphatic rings. The molecule has 0 aromatic rings. The fourth-order valence-corrected chi connectivity index (χ4v) is 1.42. The normalized spacial score (nSPS) is 18.5. The zero-order valence-corrected chi connectivity index (χ0v) is 13.0. The third kappa shape index (κ3) is 13.8. The van der Waals surface area contributed by atoms with Gasteiger partial charge >= 0.3 is 0 Å². The van der Waals surface area contributed by atoms with Crippen LogP contribution >= 0.6 is 0 Å². The summed E-state index contributed by atoms with van der Waals surface area (Å²) in [5.41, 5.74) is 0. The van der Waals surface area contributed by atoms with Gasteiger partial charge in [0.05, 0.1) is 0 Å². The highest BCUT2D eigenvalue weighted by molar-refractivity contribution is 4.76. The Morgan fingerprint density at radius 1 is 1.18 bits per heavy atom. The van der Waals surface area contributed by atoms with Crippen molar-refractivity contribution in [2.75, 3.05) is 61.4 Å². The van der Waals surface area contributed by atoms with E-state index in [1.807, 2.05) is 20.9 Å². The summed E-state index contributed by atoms with van der Waals surface area (Å²) in [4.78, 5) is 4.43.